The van der Waals surface area contributed by atoms with Crippen molar-refractivity contribution in [2.45, 2.75) is 19.8 Å². The molecule has 0 amide bonds. The summed E-state index contributed by atoms with van der Waals surface area (Å²) < 4.78 is 23.2. The zero-order valence-corrected chi connectivity index (χ0v) is 10.6. The van der Waals surface area contributed by atoms with E-state index in [9.17, 15) is 9.18 Å². The lowest BCUT2D eigenvalue weighted by Gasteiger charge is -2.02. The first kappa shape index (κ1) is 14.2. The minimum atomic E-state index is -0.917. The number of hydrogen-bond donors (Lipinski definition) is 0. The summed E-state index contributed by atoms with van der Waals surface area (Å²) in [5.41, 5.74) is 0.584. The third-order valence-corrected chi connectivity index (χ3v) is 2.34. The van der Waals surface area contributed by atoms with Gasteiger partial charge >= 0.3 is 5.97 Å². The van der Waals surface area contributed by atoms with E-state index in [2.05, 4.69) is 0 Å². The van der Waals surface area contributed by atoms with Gasteiger partial charge in [-0.25, -0.2) is 4.79 Å². The van der Waals surface area contributed by atoms with Gasteiger partial charge < -0.3 is 9.47 Å². The second-order valence-electron chi connectivity index (χ2n) is 3.75. The maximum absolute atomic E-state index is 13.4. The lowest BCUT2D eigenvalue weighted by Crippen LogP contribution is -2.05. The minimum Gasteiger partial charge on any atom is -0.497 e. The number of ether oxygens (including phenoxy) is 2. The van der Waals surface area contributed by atoms with Crippen molar-refractivity contribution in [3.05, 3.63) is 35.7 Å². The van der Waals surface area contributed by atoms with Crippen molar-refractivity contribution in [1.29, 1.82) is 0 Å². The lowest BCUT2D eigenvalue weighted by molar-refractivity contribution is -0.140. The van der Waals surface area contributed by atoms with Gasteiger partial charge in [0.2, 0.25) is 5.83 Å². The van der Waals surface area contributed by atoms with Crippen molar-refractivity contribution in [3.8, 4) is 5.75 Å². The Bertz CT molecular complexity index is 410. The molecule has 0 aliphatic heterocycles. The SMILES string of the molecule is CCCCOC(=O)/C(F)=C\c1ccc(OC)cc1. The molecule has 0 saturated carbocycles. The van der Waals surface area contributed by atoms with Gasteiger partial charge in [0.25, 0.3) is 0 Å². The van der Waals surface area contributed by atoms with Gasteiger partial charge in [0.15, 0.2) is 0 Å². The van der Waals surface area contributed by atoms with Crippen molar-refractivity contribution in [2.24, 2.45) is 0 Å². The number of benzene rings is 1. The van der Waals surface area contributed by atoms with Crippen molar-refractivity contribution in [2.75, 3.05) is 13.7 Å². The molecule has 0 N–H and O–H groups in total. The van der Waals surface area contributed by atoms with Crippen LogP contribution >= 0.6 is 0 Å². The molecule has 0 fully saturated rings. The normalized spacial score (nSPS) is 11.2. The smallest absolute Gasteiger partial charge is 0.367 e. The van der Waals surface area contributed by atoms with E-state index in [-0.39, 0.29) is 6.61 Å². The third-order valence-electron chi connectivity index (χ3n) is 2.34. The van der Waals surface area contributed by atoms with Gasteiger partial charge in [-0.2, -0.15) is 4.39 Å². The van der Waals surface area contributed by atoms with Crippen LogP contribution in [0.5, 0.6) is 5.75 Å². The molecule has 1 aromatic carbocycles. The van der Waals surface area contributed by atoms with Crippen LogP contribution in [-0.2, 0) is 9.53 Å². The molecule has 98 valence electrons. The van der Waals surface area contributed by atoms with Crippen molar-refractivity contribution in [1.82, 2.24) is 0 Å². The predicted molar refractivity (Wildman–Crippen MR) is 67.9 cm³/mol. The van der Waals surface area contributed by atoms with Crippen LogP contribution in [0.25, 0.3) is 6.08 Å². The average Bonchev–Trinajstić information content (AvgIpc) is 2.39. The van der Waals surface area contributed by atoms with Crippen LogP contribution in [0.15, 0.2) is 30.1 Å². The highest BCUT2D eigenvalue weighted by Crippen LogP contribution is 2.15. The summed E-state index contributed by atoms with van der Waals surface area (Å²) in [6, 6.07) is 6.72. The van der Waals surface area contributed by atoms with Crippen LogP contribution in [-0.4, -0.2) is 19.7 Å². The molecular formula is C14H17FO3. The largest absolute Gasteiger partial charge is 0.497 e. The summed E-state index contributed by atoms with van der Waals surface area (Å²) in [6.07, 6.45) is 2.78. The fourth-order valence-electron chi connectivity index (χ4n) is 1.28. The van der Waals surface area contributed by atoms with E-state index < -0.39 is 11.8 Å². The molecule has 0 heterocycles. The van der Waals surface area contributed by atoms with E-state index in [0.29, 0.717) is 11.3 Å². The van der Waals surface area contributed by atoms with Crippen molar-refractivity contribution < 1.29 is 18.7 Å². The van der Waals surface area contributed by atoms with E-state index in [1.807, 2.05) is 6.92 Å². The first-order valence-corrected chi connectivity index (χ1v) is 5.85. The van der Waals surface area contributed by atoms with Gasteiger partial charge in [0.05, 0.1) is 13.7 Å². The first-order chi connectivity index (χ1) is 8.67. The Morgan fingerprint density at radius 3 is 2.56 bits per heavy atom. The monoisotopic (exact) mass is 252 g/mol. The molecule has 3 nitrogen and oxygen atoms in total. The number of carbonyl (C=O) groups excluding carboxylic acids is 1. The Morgan fingerprint density at radius 1 is 1.33 bits per heavy atom. The number of unbranched alkanes of at least 4 members (excludes halogenated alkanes) is 1. The zero-order chi connectivity index (χ0) is 13.4. The molecule has 0 unspecified atom stereocenters. The van der Waals surface area contributed by atoms with Gasteiger partial charge in [0, 0.05) is 0 Å². The van der Waals surface area contributed by atoms with Crippen LogP contribution < -0.4 is 4.74 Å². The second-order valence-corrected chi connectivity index (χ2v) is 3.75. The molecule has 4 heteroatoms. The molecular weight excluding hydrogens is 235 g/mol. The second kappa shape index (κ2) is 7.48. The summed E-state index contributed by atoms with van der Waals surface area (Å²) in [5, 5.41) is 0. The highest BCUT2D eigenvalue weighted by molar-refractivity contribution is 5.91. The highest BCUT2D eigenvalue weighted by Gasteiger charge is 2.09. The molecule has 0 radical (unpaired) electrons. The molecule has 0 aromatic heterocycles. The number of halogens is 1. The summed E-state index contributed by atoms with van der Waals surface area (Å²) in [4.78, 5) is 11.3. The number of methoxy groups -OCH3 is 1. The Balaban J connectivity index is 2.60. The molecule has 0 bridgehead atoms. The zero-order valence-electron chi connectivity index (χ0n) is 10.6. The van der Waals surface area contributed by atoms with Crippen molar-refractivity contribution >= 4 is 12.0 Å². The van der Waals surface area contributed by atoms with E-state index in [1.165, 1.54) is 0 Å². The summed E-state index contributed by atoms with van der Waals surface area (Å²) in [6.45, 7) is 2.22. The number of esters is 1. The van der Waals surface area contributed by atoms with E-state index in [0.717, 1.165) is 18.9 Å². The molecule has 18 heavy (non-hydrogen) atoms. The number of rotatable bonds is 6. The fraction of sp³-hybridized carbons (Fsp3) is 0.357. The van der Waals surface area contributed by atoms with E-state index in [4.69, 9.17) is 9.47 Å². The van der Waals surface area contributed by atoms with Gasteiger partial charge in [-0.15, -0.1) is 0 Å². The standard InChI is InChI=1S/C14H17FO3/c1-3-4-9-18-14(16)13(15)10-11-5-7-12(17-2)8-6-11/h5-8,10H,3-4,9H2,1-2H3/b13-10+. The third kappa shape index (κ3) is 4.57. The fourth-order valence-corrected chi connectivity index (χ4v) is 1.28. The van der Waals surface area contributed by atoms with Crippen molar-refractivity contribution in [3.63, 3.8) is 0 Å². The minimum absolute atomic E-state index is 0.249. The Labute approximate surface area is 106 Å². The Hall–Kier alpha value is -1.84. The molecule has 0 spiro atoms. The number of hydrogen-bond acceptors (Lipinski definition) is 3. The van der Waals surface area contributed by atoms with Crippen LogP contribution in [0.3, 0.4) is 0 Å². The molecule has 1 aromatic rings. The van der Waals surface area contributed by atoms with E-state index in [1.54, 1.807) is 31.4 Å². The van der Waals surface area contributed by atoms with Gasteiger partial charge in [-0.1, -0.05) is 25.5 Å². The maximum Gasteiger partial charge on any atom is 0.367 e. The summed E-state index contributed by atoms with van der Waals surface area (Å²) >= 11 is 0. The topological polar surface area (TPSA) is 35.5 Å². The van der Waals surface area contributed by atoms with E-state index >= 15 is 0 Å². The molecule has 1 rings (SSSR count). The summed E-state index contributed by atoms with van der Waals surface area (Å²) in [5.74, 6) is -1.13. The quantitative estimate of drug-likeness (QED) is 0.442. The molecule has 0 saturated heterocycles. The predicted octanol–water partition coefficient (Wildman–Crippen LogP) is 3.35. The van der Waals surface area contributed by atoms with Crippen LogP contribution in [0.1, 0.15) is 25.3 Å². The average molecular weight is 252 g/mol. The van der Waals surface area contributed by atoms with Gasteiger partial charge in [-0.05, 0) is 30.2 Å². The van der Waals surface area contributed by atoms with Crippen LogP contribution in [0.2, 0.25) is 0 Å². The molecule has 0 aliphatic carbocycles. The lowest BCUT2D eigenvalue weighted by atomic mass is 10.2. The molecule has 0 atom stereocenters. The molecule has 0 aliphatic rings. The number of carbonyl (C=O) groups is 1. The highest BCUT2D eigenvalue weighted by atomic mass is 19.1. The van der Waals surface area contributed by atoms with Gasteiger partial charge in [0.1, 0.15) is 5.75 Å². The van der Waals surface area contributed by atoms with Crippen LogP contribution in [0.4, 0.5) is 4.39 Å². The van der Waals surface area contributed by atoms with Gasteiger partial charge in [-0.3, -0.25) is 0 Å². The first-order valence-electron chi connectivity index (χ1n) is 5.85. The Kier molecular flexibility index (Phi) is 5.91. The summed E-state index contributed by atoms with van der Waals surface area (Å²) in [7, 11) is 1.55. The maximum atomic E-state index is 13.4. The van der Waals surface area contributed by atoms with Crippen LogP contribution in [0, 0.1) is 0 Å². The Morgan fingerprint density at radius 2 is 2.00 bits per heavy atom.